The van der Waals surface area contributed by atoms with Gasteiger partial charge in [-0.05, 0) is 18.2 Å². The summed E-state index contributed by atoms with van der Waals surface area (Å²) in [5, 5.41) is 0. The van der Waals surface area contributed by atoms with Gasteiger partial charge >= 0.3 is 5.89 Å². The number of unbranched alkanes of at least 4 members (excludes halogenated alkanes) is 1. The van der Waals surface area contributed by atoms with E-state index in [0.717, 1.165) is 53.7 Å². The van der Waals surface area contributed by atoms with Gasteiger partial charge in [0.15, 0.2) is 12.3 Å². The summed E-state index contributed by atoms with van der Waals surface area (Å²) in [6.07, 6.45) is 4.24. The summed E-state index contributed by atoms with van der Waals surface area (Å²) in [6.45, 7) is 3.13. The van der Waals surface area contributed by atoms with Crippen LogP contribution in [0.4, 0.5) is 5.69 Å². The lowest BCUT2D eigenvalue weighted by Gasteiger charge is -2.09. The largest absolute Gasteiger partial charge is 0.438 e. The topological polar surface area (TPSA) is 29.5 Å². The van der Waals surface area contributed by atoms with E-state index in [1.54, 1.807) is 0 Å². The van der Waals surface area contributed by atoms with Crippen LogP contribution in [0.2, 0.25) is 0 Å². The van der Waals surface area contributed by atoms with Gasteiger partial charge in [0.1, 0.15) is 6.08 Å². The molecule has 1 aliphatic rings. The van der Waals surface area contributed by atoms with Crippen molar-refractivity contribution in [2.45, 2.75) is 26.3 Å². The predicted octanol–water partition coefficient (Wildman–Crippen LogP) is 4.35. The highest BCUT2D eigenvalue weighted by atomic mass is 16.5. The molecular formula is C20H21N2O2+. The van der Waals surface area contributed by atoms with Crippen LogP contribution >= 0.6 is 0 Å². The van der Waals surface area contributed by atoms with Crippen molar-refractivity contribution in [3.05, 3.63) is 60.3 Å². The number of aryl methyl sites for hydroxylation is 1. The normalized spacial score (nSPS) is 15.1. The Morgan fingerprint density at radius 3 is 2.71 bits per heavy atom. The van der Waals surface area contributed by atoms with Gasteiger partial charge in [0.05, 0.1) is 5.69 Å². The average molecular weight is 321 g/mol. The molecule has 0 spiro atoms. The van der Waals surface area contributed by atoms with E-state index in [0.29, 0.717) is 0 Å². The molecule has 24 heavy (non-hydrogen) atoms. The Labute approximate surface area is 141 Å². The van der Waals surface area contributed by atoms with Gasteiger partial charge in [-0.25, -0.2) is 0 Å². The van der Waals surface area contributed by atoms with E-state index in [1.165, 1.54) is 0 Å². The Balaban J connectivity index is 1.77. The quantitative estimate of drug-likeness (QED) is 0.669. The molecule has 2 aromatic carbocycles. The van der Waals surface area contributed by atoms with Crippen LogP contribution in [0.1, 0.15) is 25.7 Å². The van der Waals surface area contributed by atoms with E-state index in [9.17, 15) is 0 Å². The Bertz CT molecular complexity index is 911. The summed E-state index contributed by atoms with van der Waals surface area (Å²) in [5.74, 6) is 2.47. The van der Waals surface area contributed by atoms with E-state index in [2.05, 4.69) is 23.6 Å². The van der Waals surface area contributed by atoms with Crippen LogP contribution in [-0.4, -0.2) is 7.05 Å². The van der Waals surface area contributed by atoms with Crippen molar-refractivity contribution in [3.63, 3.8) is 0 Å². The van der Waals surface area contributed by atoms with E-state index in [1.807, 2.05) is 54.4 Å². The van der Waals surface area contributed by atoms with E-state index in [-0.39, 0.29) is 0 Å². The Hall–Kier alpha value is -2.75. The lowest BCUT2D eigenvalue weighted by atomic mass is 10.3. The molecule has 0 saturated heterocycles. The third-order valence-electron chi connectivity index (χ3n) is 4.39. The van der Waals surface area contributed by atoms with Crippen molar-refractivity contribution in [2.75, 3.05) is 11.9 Å². The number of nitrogens with zero attached hydrogens (tertiary/aromatic N) is 2. The highest BCUT2D eigenvalue weighted by Gasteiger charge is 2.27. The van der Waals surface area contributed by atoms with Gasteiger partial charge in [0, 0.05) is 19.5 Å². The molecule has 0 radical (unpaired) electrons. The van der Waals surface area contributed by atoms with Crippen LogP contribution < -0.4 is 14.2 Å². The zero-order valence-corrected chi connectivity index (χ0v) is 14.0. The summed E-state index contributed by atoms with van der Waals surface area (Å²) in [6, 6.07) is 16.2. The van der Waals surface area contributed by atoms with Gasteiger partial charge in [0.25, 0.3) is 5.52 Å². The molecule has 2 heterocycles. The minimum Gasteiger partial charge on any atom is -0.438 e. The molecule has 0 aliphatic carbocycles. The second-order valence-corrected chi connectivity index (χ2v) is 6.02. The molecule has 1 aromatic heterocycles. The van der Waals surface area contributed by atoms with E-state index in [4.69, 9.17) is 9.15 Å². The summed E-state index contributed by atoms with van der Waals surface area (Å²) in [4.78, 5) is 2.05. The number of hydrogen-bond acceptors (Lipinski definition) is 3. The average Bonchev–Trinajstić information content (AvgIpc) is 3.11. The van der Waals surface area contributed by atoms with Gasteiger partial charge in [-0.15, -0.1) is 0 Å². The maximum Gasteiger partial charge on any atom is 0.379 e. The van der Waals surface area contributed by atoms with Gasteiger partial charge in [-0.1, -0.05) is 37.6 Å². The monoisotopic (exact) mass is 321 g/mol. The van der Waals surface area contributed by atoms with Crippen molar-refractivity contribution in [1.82, 2.24) is 0 Å². The molecule has 4 heteroatoms. The van der Waals surface area contributed by atoms with Crippen LogP contribution in [0.15, 0.2) is 58.8 Å². The number of anilines is 1. The molecule has 3 aromatic rings. The minimum atomic E-state index is 0.778. The standard InChI is InChI=1S/C20H21N2O2/c1-3-4-13-22-16-10-6-8-12-18(16)24-20(22)14-19-21(2)15-9-5-7-11-17(15)23-19/h5-12,14H,3-4,13H2,1-2H3/q+1. The Kier molecular flexibility index (Phi) is 3.73. The molecule has 0 fully saturated rings. The molecule has 0 saturated carbocycles. The predicted molar refractivity (Wildman–Crippen MR) is 94.8 cm³/mol. The molecule has 0 amide bonds. The molecule has 4 rings (SSSR count). The Morgan fingerprint density at radius 2 is 1.88 bits per heavy atom. The molecule has 4 nitrogen and oxygen atoms in total. The van der Waals surface area contributed by atoms with Crippen LogP contribution in [0, 0.1) is 0 Å². The molecule has 0 N–H and O–H groups in total. The second-order valence-electron chi connectivity index (χ2n) is 6.02. The second kappa shape index (κ2) is 6.04. The number of ether oxygens (including phenoxy) is 1. The fraction of sp³-hybridized carbons (Fsp3) is 0.250. The van der Waals surface area contributed by atoms with Crippen molar-refractivity contribution >= 4 is 22.9 Å². The van der Waals surface area contributed by atoms with Crippen LogP contribution in [0.5, 0.6) is 5.75 Å². The first-order valence-electron chi connectivity index (χ1n) is 8.41. The van der Waals surface area contributed by atoms with E-state index >= 15 is 0 Å². The molecule has 1 aliphatic heterocycles. The maximum absolute atomic E-state index is 6.09. The number of benzene rings is 2. The van der Waals surface area contributed by atoms with Gasteiger partial charge < -0.3 is 14.1 Å². The number of para-hydroxylation sites is 4. The lowest BCUT2D eigenvalue weighted by molar-refractivity contribution is -0.678. The van der Waals surface area contributed by atoms with Gasteiger partial charge in [0.2, 0.25) is 11.5 Å². The Morgan fingerprint density at radius 1 is 1.08 bits per heavy atom. The first-order chi connectivity index (χ1) is 11.8. The fourth-order valence-corrected chi connectivity index (χ4v) is 3.06. The molecule has 0 atom stereocenters. The van der Waals surface area contributed by atoms with Crippen molar-refractivity contribution < 1.29 is 13.7 Å². The van der Waals surface area contributed by atoms with Crippen LogP contribution in [0.3, 0.4) is 0 Å². The van der Waals surface area contributed by atoms with Crippen molar-refractivity contribution in [3.8, 4) is 5.75 Å². The van der Waals surface area contributed by atoms with E-state index < -0.39 is 0 Å². The summed E-state index contributed by atoms with van der Waals surface area (Å²) in [5.41, 5.74) is 3.09. The van der Waals surface area contributed by atoms with Crippen molar-refractivity contribution in [1.29, 1.82) is 0 Å². The summed E-state index contributed by atoms with van der Waals surface area (Å²) < 4.78 is 14.3. The lowest BCUT2D eigenvalue weighted by Crippen LogP contribution is -2.35. The van der Waals surface area contributed by atoms with Gasteiger partial charge in [-0.2, -0.15) is 4.57 Å². The molecular weight excluding hydrogens is 300 g/mol. The van der Waals surface area contributed by atoms with Crippen LogP contribution in [0.25, 0.3) is 17.2 Å². The first kappa shape index (κ1) is 14.8. The number of rotatable bonds is 4. The zero-order valence-electron chi connectivity index (χ0n) is 14.0. The zero-order chi connectivity index (χ0) is 16.5. The number of aromatic nitrogens is 1. The van der Waals surface area contributed by atoms with Crippen LogP contribution in [-0.2, 0) is 6.54 Å². The first-order valence-corrected chi connectivity index (χ1v) is 8.41. The summed E-state index contributed by atoms with van der Waals surface area (Å²) in [7, 11) is 2.01. The molecule has 122 valence electrons. The summed E-state index contributed by atoms with van der Waals surface area (Å²) >= 11 is 0. The number of hydrogen-bond donors (Lipinski definition) is 0. The number of oxazole rings is 1. The highest BCUT2D eigenvalue weighted by molar-refractivity contribution is 5.72. The van der Waals surface area contributed by atoms with Crippen molar-refractivity contribution in [2.24, 2.45) is 0 Å². The van der Waals surface area contributed by atoms with Gasteiger partial charge in [-0.3, -0.25) is 0 Å². The molecule has 0 bridgehead atoms. The number of fused-ring (bicyclic) bond motifs is 2. The third kappa shape index (κ3) is 2.44. The third-order valence-corrected chi connectivity index (χ3v) is 4.39. The molecule has 0 unspecified atom stereocenters. The SMILES string of the molecule is CCCC[n+]1c(C=C2Oc3ccccc3N2C)oc2ccccc21. The highest BCUT2D eigenvalue weighted by Crippen LogP contribution is 2.37. The fourth-order valence-electron chi connectivity index (χ4n) is 3.06. The maximum atomic E-state index is 6.09. The smallest absolute Gasteiger partial charge is 0.379 e. The minimum absolute atomic E-state index is 0.778.